The van der Waals surface area contributed by atoms with E-state index in [1.807, 2.05) is 31.3 Å². The summed E-state index contributed by atoms with van der Waals surface area (Å²) in [6, 6.07) is 10.1. The van der Waals surface area contributed by atoms with Crippen LogP contribution < -0.4 is 16.0 Å². The molecule has 5 rings (SSSR count). The first-order valence-corrected chi connectivity index (χ1v) is 11.4. The third kappa shape index (κ3) is 4.44. The molecule has 10 heteroatoms. The number of amides is 1. The van der Waals surface area contributed by atoms with Crippen LogP contribution in [-0.2, 0) is 11.8 Å². The minimum absolute atomic E-state index is 0.308. The van der Waals surface area contributed by atoms with Gasteiger partial charge in [-0.2, -0.15) is 20.3 Å². The molecule has 0 radical (unpaired) electrons. The van der Waals surface area contributed by atoms with Gasteiger partial charge in [0, 0.05) is 31.0 Å². The number of rotatable bonds is 7. The van der Waals surface area contributed by atoms with Crippen LogP contribution in [0.5, 0.6) is 0 Å². The van der Waals surface area contributed by atoms with Crippen LogP contribution in [0.2, 0.25) is 0 Å². The van der Waals surface area contributed by atoms with E-state index in [1.165, 1.54) is 18.9 Å². The Bertz CT molecular complexity index is 1450. The fourth-order valence-electron chi connectivity index (χ4n) is 4.42. The summed E-state index contributed by atoms with van der Waals surface area (Å²) < 4.78 is 1.76. The zero-order chi connectivity index (χ0) is 24.4. The van der Waals surface area contributed by atoms with E-state index >= 15 is 0 Å². The normalized spacial score (nSPS) is 13.5. The molecule has 1 amide bonds. The molecule has 176 valence electrons. The Morgan fingerprint density at radius 2 is 2.09 bits per heavy atom. The highest BCUT2D eigenvalue weighted by atomic mass is 16.1. The number of nitrogens with one attached hydrogen (secondary N) is 4. The molecule has 1 fully saturated rings. The van der Waals surface area contributed by atoms with Crippen molar-refractivity contribution in [1.82, 2.24) is 24.7 Å². The van der Waals surface area contributed by atoms with Gasteiger partial charge >= 0.3 is 0 Å². The summed E-state index contributed by atoms with van der Waals surface area (Å²) in [5, 5.41) is 24.1. The molecule has 4 N–H and O–H groups in total. The minimum Gasteiger partial charge on any atom is -0.367 e. The number of nitriles is 1. The number of hydrogen-bond acceptors (Lipinski definition) is 7. The predicted molar refractivity (Wildman–Crippen MR) is 135 cm³/mol. The van der Waals surface area contributed by atoms with Gasteiger partial charge in [0.15, 0.2) is 0 Å². The molecule has 4 aromatic rings. The van der Waals surface area contributed by atoms with E-state index in [-0.39, 0.29) is 5.91 Å². The highest BCUT2D eigenvalue weighted by Gasteiger charge is 2.20. The topological polar surface area (TPSA) is 136 Å². The Hall–Kier alpha value is -4.65. The van der Waals surface area contributed by atoms with E-state index in [9.17, 15) is 10.1 Å². The average molecular weight is 468 g/mol. The summed E-state index contributed by atoms with van der Waals surface area (Å²) in [7, 11) is 1.86. The van der Waals surface area contributed by atoms with Gasteiger partial charge < -0.3 is 20.9 Å². The maximum atomic E-state index is 12.2. The van der Waals surface area contributed by atoms with Gasteiger partial charge in [-0.1, -0.05) is 25.5 Å². The molecule has 0 saturated heterocycles. The SMILES string of the molecule is C=CC(=O)Nc1cc(-c2ccnn2C)ccc1Nc1nc(NC2CCCC2)c2c(C#N)c[nH]c2n1. The fourth-order valence-corrected chi connectivity index (χ4v) is 4.42. The fraction of sp³-hybridized carbons (Fsp3) is 0.240. The lowest BCUT2D eigenvalue weighted by atomic mass is 10.1. The summed E-state index contributed by atoms with van der Waals surface area (Å²) in [6.07, 6.45) is 9.05. The van der Waals surface area contributed by atoms with Gasteiger partial charge in [-0.3, -0.25) is 9.48 Å². The summed E-state index contributed by atoms with van der Waals surface area (Å²) in [5.74, 6) is 0.621. The molecule has 0 atom stereocenters. The molecule has 35 heavy (non-hydrogen) atoms. The van der Waals surface area contributed by atoms with Crippen molar-refractivity contribution < 1.29 is 4.79 Å². The number of aromatic nitrogens is 5. The molecular formula is C25H25N9O. The lowest BCUT2D eigenvalue weighted by Crippen LogP contribution is -2.17. The predicted octanol–water partition coefficient (Wildman–Crippen LogP) is 4.45. The van der Waals surface area contributed by atoms with E-state index in [2.05, 4.69) is 43.7 Å². The number of nitrogens with zero attached hydrogens (tertiary/aromatic N) is 5. The lowest BCUT2D eigenvalue weighted by molar-refractivity contribution is -0.111. The number of benzene rings is 1. The van der Waals surface area contributed by atoms with E-state index < -0.39 is 0 Å². The maximum absolute atomic E-state index is 12.2. The minimum atomic E-state index is -0.335. The zero-order valence-electron chi connectivity index (χ0n) is 19.3. The number of anilines is 4. The Morgan fingerprint density at radius 3 is 2.80 bits per heavy atom. The molecule has 1 aliphatic carbocycles. The smallest absolute Gasteiger partial charge is 0.247 e. The monoisotopic (exact) mass is 467 g/mol. The van der Waals surface area contributed by atoms with Gasteiger partial charge in [-0.25, -0.2) is 0 Å². The molecule has 0 spiro atoms. The van der Waals surface area contributed by atoms with Crippen molar-refractivity contribution in [1.29, 1.82) is 5.26 Å². The van der Waals surface area contributed by atoms with Crippen molar-refractivity contribution in [2.75, 3.05) is 16.0 Å². The number of H-pyrrole nitrogens is 1. The summed E-state index contributed by atoms with van der Waals surface area (Å²) in [6.45, 7) is 3.55. The first kappa shape index (κ1) is 22.2. The second-order valence-electron chi connectivity index (χ2n) is 8.48. The first-order valence-electron chi connectivity index (χ1n) is 11.4. The van der Waals surface area contributed by atoms with Crippen LogP contribution in [0.1, 0.15) is 31.2 Å². The number of aromatic amines is 1. The van der Waals surface area contributed by atoms with Crippen molar-refractivity contribution in [3.05, 3.63) is 54.9 Å². The van der Waals surface area contributed by atoms with E-state index in [0.29, 0.717) is 45.8 Å². The molecule has 0 bridgehead atoms. The quantitative estimate of drug-likeness (QED) is 0.295. The second kappa shape index (κ2) is 9.30. The third-order valence-corrected chi connectivity index (χ3v) is 6.17. The average Bonchev–Trinajstić information content (AvgIpc) is 3.61. The Labute approximate surface area is 202 Å². The van der Waals surface area contributed by atoms with E-state index in [1.54, 1.807) is 17.1 Å². The summed E-state index contributed by atoms with van der Waals surface area (Å²) in [5.41, 5.74) is 4.00. The molecule has 1 saturated carbocycles. The second-order valence-corrected chi connectivity index (χ2v) is 8.48. The molecule has 1 aliphatic rings. The molecule has 1 aromatic carbocycles. The number of aryl methyl sites for hydroxylation is 1. The molecule has 3 heterocycles. The van der Waals surface area contributed by atoms with Crippen LogP contribution in [0, 0.1) is 11.3 Å². The number of fused-ring (bicyclic) bond motifs is 1. The van der Waals surface area contributed by atoms with E-state index in [0.717, 1.165) is 24.1 Å². The van der Waals surface area contributed by atoms with Crippen LogP contribution in [0.15, 0.2) is 49.3 Å². The van der Waals surface area contributed by atoms with Gasteiger partial charge in [0.25, 0.3) is 0 Å². The first-order chi connectivity index (χ1) is 17.1. The lowest BCUT2D eigenvalue weighted by Gasteiger charge is -2.16. The number of carbonyl (C=O) groups excluding carboxylic acids is 1. The van der Waals surface area contributed by atoms with Gasteiger partial charge in [0.2, 0.25) is 11.9 Å². The van der Waals surface area contributed by atoms with Crippen LogP contribution in [0.4, 0.5) is 23.1 Å². The van der Waals surface area contributed by atoms with Gasteiger partial charge in [0.1, 0.15) is 17.5 Å². The van der Waals surface area contributed by atoms with Crippen molar-refractivity contribution in [3.8, 4) is 17.3 Å². The van der Waals surface area contributed by atoms with Crippen molar-refractivity contribution >= 4 is 40.1 Å². The third-order valence-electron chi connectivity index (χ3n) is 6.17. The molecule has 10 nitrogen and oxygen atoms in total. The highest BCUT2D eigenvalue weighted by molar-refractivity contribution is 6.02. The standard InChI is InChI=1S/C25H25N9O/c1-3-21(35)30-19-12-15(20-10-11-28-34(20)2)8-9-18(19)31-25-32-23-22(16(13-26)14-27-23)24(33-25)29-17-6-4-5-7-17/h3,8-12,14,17H,1,4-7H2,2H3,(H,30,35)(H3,27,29,31,32,33). The Kier molecular flexibility index (Phi) is 5.89. The van der Waals surface area contributed by atoms with Gasteiger partial charge in [-0.15, -0.1) is 0 Å². The molecule has 0 aliphatic heterocycles. The highest BCUT2D eigenvalue weighted by Crippen LogP contribution is 2.33. The van der Waals surface area contributed by atoms with Crippen molar-refractivity contribution in [2.45, 2.75) is 31.7 Å². The largest absolute Gasteiger partial charge is 0.367 e. The molecule has 0 unspecified atom stereocenters. The van der Waals surface area contributed by atoms with Gasteiger partial charge in [0.05, 0.1) is 28.0 Å². The summed E-state index contributed by atoms with van der Waals surface area (Å²) in [4.78, 5) is 24.5. The maximum Gasteiger partial charge on any atom is 0.247 e. The summed E-state index contributed by atoms with van der Waals surface area (Å²) >= 11 is 0. The Morgan fingerprint density at radius 1 is 1.26 bits per heavy atom. The molecule has 3 aromatic heterocycles. The molecular weight excluding hydrogens is 442 g/mol. The van der Waals surface area contributed by atoms with Crippen molar-refractivity contribution in [3.63, 3.8) is 0 Å². The van der Waals surface area contributed by atoms with Crippen LogP contribution >= 0.6 is 0 Å². The number of hydrogen-bond donors (Lipinski definition) is 4. The van der Waals surface area contributed by atoms with Crippen LogP contribution in [0.3, 0.4) is 0 Å². The zero-order valence-corrected chi connectivity index (χ0v) is 19.3. The number of carbonyl (C=O) groups is 1. The van der Waals surface area contributed by atoms with E-state index in [4.69, 9.17) is 4.98 Å². The van der Waals surface area contributed by atoms with Crippen molar-refractivity contribution in [2.24, 2.45) is 7.05 Å². The van der Waals surface area contributed by atoms with Crippen LogP contribution in [-0.4, -0.2) is 36.7 Å². The van der Waals surface area contributed by atoms with Crippen LogP contribution in [0.25, 0.3) is 22.3 Å². The van der Waals surface area contributed by atoms with Gasteiger partial charge in [-0.05, 0) is 37.1 Å². The Balaban J connectivity index is 1.54.